The molecule has 2 aromatic rings. The zero-order chi connectivity index (χ0) is 12.5. The molecule has 0 fully saturated rings. The smallest absolute Gasteiger partial charge is 0.242 e. The predicted octanol–water partition coefficient (Wildman–Crippen LogP) is 3.11. The normalized spacial score (nSPS) is 11.9. The van der Waals surface area contributed by atoms with Crippen LogP contribution < -0.4 is 4.72 Å². The van der Waals surface area contributed by atoms with Gasteiger partial charge in [0, 0.05) is 0 Å². The topological polar surface area (TPSA) is 59.1 Å². The number of nitrogens with zero attached hydrogens (tertiary/aromatic N) is 1. The van der Waals surface area contributed by atoms with Crippen LogP contribution in [0.5, 0.6) is 0 Å². The molecule has 0 radical (unpaired) electrons. The number of sulfonamides is 1. The summed E-state index contributed by atoms with van der Waals surface area (Å²) in [5, 5.41) is 0. The molecular weight excluding hydrogens is 344 g/mol. The molecule has 0 saturated carbocycles. The summed E-state index contributed by atoms with van der Waals surface area (Å²) >= 11 is 6.06. The van der Waals surface area contributed by atoms with Gasteiger partial charge in [0.15, 0.2) is 4.34 Å². The molecule has 0 amide bonds. The lowest BCUT2D eigenvalue weighted by Crippen LogP contribution is -2.12. The molecule has 1 aromatic heterocycles. The Kier molecular flexibility index (Phi) is 3.96. The van der Waals surface area contributed by atoms with E-state index in [2.05, 4.69) is 25.6 Å². The van der Waals surface area contributed by atoms with Gasteiger partial charge in [-0.2, -0.15) is 0 Å². The molecule has 0 aliphatic heterocycles. The maximum atomic E-state index is 11.4. The fourth-order valence-corrected chi connectivity index (χ4v) is 3.67. The van der Waals surface area contributed by atoms with Crippen LogP contribution in [0.25, 0.3) is 10.2 Å². The van der Waals surface area contributed by atoms with Crippen LogP contribution in [0.1, 0.15) is 0 Å². The third-order valence-corrected chi connectivity index (χ3v) is 6.61. The van der Waals surface area contributed by atoms with Crippen molar-refractivity contribution >= 4 is 65.0 Å². The van der Waals surface area contributed by atoms with Crippen LogP contribution in [0.4, 0.5) is 5.69 Å². The van der Waals surface area contributed by atoms with Crippen molar-refractivity contribution in [1.82, 2.24) is 4.98 Å². The molecular formula is C9H9BrN2O2S3. The summed E-state index contributed by atoms with van der Waals surface area (Å²) in [6, 6.07) is 5.33. The number of anilines is 1. The third-order valence-electron chi connectivity index (χ3n) is 1.96. The van der Waals surface area contributed by atoms with E-state index in [9.17, 15) is 8.42 Å². The summed E-state index contributed by atoms with van der Waals surface area (Å²) in [7, 11) is -3.29. The van der Waals surface area contributed by atoms with Crippen LogP contribution >= 0.6 is 39.0 Å². The van der Waals surface area contributed by atoms with Crippen molar-refractivity contribution in [1.29, 1.82) is 0 Å². The summed E-state index contributed by atoms with van der Waals surface area (Å²) in [5.74, 6) is 0. The van der Waals surface area contributed by atoms with Gasteiger partial charge in [-0.15, -0.1) is 11.3 Å². The van der Waals surface area contributed by atoms with Gasteiger partial charge in [-0.25, -0.2) is 13.4 Å². The minimum Gasteiger partial charge on any atom is -0.283 e. The monoisotopic (exact) mass is 352 g/mol. The Balaban J connectivity index is 2.37. The highest BCUT2D eigenvalue weighted by atomic mass is 79.9. The maximum Gasteiger partial charge on any atom is 0.242 e. The first-order valence-electron chi connectivity index (χ1n) is 4.55. The minimum atomic E-state index is -3.29. The number of benzene rings is 1. The molecule has 0 unspecified atom stereocenters. The average molecular weight is 353 g/mol. The molecule has 0 bridgehead atoms. The highest BCUT2D eigenvalue weighted by molar-refractivity contribution is 9.10. The first kappa shape index (κ1) is 13.1. The van der Waals surface area contributed by atoms with Crippen molar-refractivity contribution in [3.05, 3.63) is 18.2 Å². The lowest BCUT2D eigenvalue weighted by molar-refractivity contribution is 0.606. The minimum absolute atomic E-state index is 0.114. The number of fused-ring (bicyclic) bond motifs is 1. The van der Waals surface area contributed by atoms with E-state index in [-0.39, 0.29) is 4.66 Å². The maximum absolute atomic E-state index is 11.4. The summed E-state index contributed by atoms with van der Waals surface area (Å²) in [5.41, 5.74) is 1.45. The van der Waals surface area contributed by atoms with E-state index in [0.29, 0.717) is 5.69 Å². The molecule has 1 N–H and O–H groups in total. The average Bonchev–Trinajstić information content (AvgIpc) is 2.70. The first-order valence-corrected chi connectivity index (χ1v) is 9.36. The van der Waals surface area contributed by atoms with Crippen molar-refractivity contribution < 1.29 is 8.42 Å². The molecule has 92 valence electrons. The van der Waals surface area contributed by atoms with Crippen LogP contribution in [0.2, 0.25) is 0 Å². The third kappa shape index (κ3) is 3.12. The highest BCUT2D eigenvalue weighted by Gasteiger charge is 2.09. The molecule has 0 atom stereocenters. The Morgan fingerprint density at radius 1 is 1.53 bits per heavy atom. The number of nitrogens with one attached hydrogen (secondary N) is 1. The number of hydrogen-bond acceptors (Lipinski definition) is 5. The summed E-state index contributed by atoms with van der Waals surface area (Å²) in [6.07, 6.45) is 1.96. The van der Waals surface area contributed by atoms with Crippen molar-refractivity contribution in [3.8, 4) is 0 Å². The lowest BCUT2D eigenvalue weighted by Gasteiger charge is -2.04. The SMILES string of the molecule is CSc1nc2ccc(NS(=O)(=O)CBr)cc2s1. The predicted molar refractivity (Wildman–Crippen MR) is 77.7 cm³/mol. The van der Waals surface area contributed by atoms with Crippen LogP contribution in [0.3, 0.4) is 0 Å². The fraction of sp³-hybridized carbons (Fsp3) is 0.222. The second-order valence-electron chi connectivity index (χ2n) is 3.19. The number of alkyl halides is 1. The van der Waals surface area contributed by atoms with E-state index < -0.39 is 10.0 Å². The summed E-state index contributed by atoms with van der Waals surface area (Å²) in [4.78, 5) is 4.38. The van der Waals surface area contributed by atoms with Gasteiger partial charge in [0.1, 0.15) is 4.66 Å². The number of aromatic nitrogens is 1. The number of halogens is 1. The zero-order valence-corrected chi connectivity index (χ0v) is 12.8. The Morgan fingerprint density at radius 2 is 2.29 bits per heavy atom. The molecule has 8 heteroatoms. The molecule has 0 spiro atoms. The Labute approximate surface area is 116 Å². The molecule has 0 aliphatic rings. The second-order valence-corrected chi connectivity index (χ2v) is 8.30. The van der Waals surface area contributed by atoms with Gasteiger partial charge < -0.3 is 0 Å². The van der Waals surface area contributed by atoms with Crippen molar-refractivity contribution in [2.45, 2.75) is 4.34 Å². The van der Waals surface area contributed by atoms with E-state index in [0.717, 1.165) is 14.6 Å². The summed E-state index contributed by atoms with van der Waals surface area (Å²) in [6.45, 7) is 0. The molecule has 17 heavy (non-hydrogen) atoms. The Bertz CT molecular complexity index is 639. The summed E-state index contributed by atoms with van der Waals surface area (Å²) < 4.78 is 27.1. The van der Waals surface area contributed by atoms with Crippen LogP contribution in [-0.4, -0.2) is 24.3 Å². The number of rotatable bonds is 4. The Morgan fingerprint density at radius 3 is 2.94 bits per heavy atom. The number of thiazole rings is 1. The molecule has 2 rings (SSSR count). The second kappa shape index (κ2) is 5.13. The molecule has 0 saturated heterocycles. The first-order chi connectivity index (χ1) is 8.04. The number of hydrogen-bond donors (Lipinski definition) is 1. The fourth-order valence-electron chi connectivity index (χ4n) is 1.26. The zero-order valence-electron chi connectivity index (χ0n) is 8.81. The van der Waals surface area contributed by atoms with E-state index in [1.54, 1.807) is 35.2 Å². The van der Waals surface area contributed by atoms with Gasteiger partial charge in [-0.1, -0.05) is 27.7 Å². The van der Waals surface area contributed by atoms with E-state index >= 15 is 0 Å². The van der Waals surface area contributed by atoms with Gasteiger partial charge >= 0.3 is 0 Å². The van der Waals surface area contributed by atoms with E-state index in [1.807, 2.05) is 12.3 Å². The van der Waals surface area contributed by atoms with Crippen LogP contribution in [0, 0.1) is 0 Å². The van der Waals surface area contributed by atoms with Crippen LogP contribution in [-0.2, 0) is 10.0 Å². The van der Waals surface area contributed by atoms with Gasteiger partial charge in [0.25, 0.3) is 0 Å². The van der Waals surface area contributed by atoms with Crippen molar-refractivity contribution in [2.75, 3.05) is 15.6 Å². The largest absolute Gasteiger partial charge is 0.283 e. The highest BCUT2D eigenvalue weighted by Crippen LogP contribution is 2.30. The Hall–Kier alpha value is -0.310. The van der Waals surface area contributed by atoms with Crippen molar-refractivity contribution in [2.24, 2.45) is 0 Å². The quantitative estimate of drug-likeness (QED) is 0.678. The molecule has 1 aromatic carbocycles. The molecule has 0 aliphatic carbocycles. The van der Waals surface area contributed by atoms with Crippen LogP contribution in [0.15, 0.2) is 22.5 Å². The van der Waals surface area contributed by atoms with Crippen molar-refractivity contribution in [3.63, 3.8) is 0 Å². The van der Waals surface area contributed by atoms with E-state index in [1.165, 1.54) is 0 Å². The molecule has 4 nitrogen and oxygen atoms in total. The standard InChI is InChI=1S/C9H9BrN2O2S3/c1-15-9-11-7-3-2-6(4-8(7)16-9)12-17(13,14)5-10/h2-4,12H,5H2,1H3. The van der Waals surface area contributed by atoms with Gasteiger partial charge in [-0.3, -0.25) is 4.72 Å². The van der Waals surface area contributed by atoms with Gasteiger partial charge in [-0.05, 0) is 24.5 Å². The molecule has 1 heterocycles. The van der Waals surface area contributed by atoms with Gasteiger partial charge in [0.2, 0.25) is 10.0 Å². The lowest BCUT2D eigenvalue weighted by atomic mass is 10.3. The number of thioether (sulfide) groups is 1. The van der Waals surface area contributed by atoms with Gasteiger partial charge in [0.05, 0.1) is 15.9 Å². The van der Waals surface area contributed by atoms with E-state index in [4.69, 9.17) is 0 Å².